The van der Waals surface area contributed by atoms with Gasteiger partial charge in [-0.2, -0.15) is 0 Å². The van der Waals surface area contributed by atoms with Crippen LogP contribution in [0.3, 0.4) is 0 Å². The zero-order valence-corrected chi connectivity index (χ0v) is 22.4. The number of aromatic nitrogens is 2. The Labute approximate surface area is 225 Å². The Kier molecular flexibility index (Phi) is 8.83. The highest BCUT2D eigenvalue weighted by molar-refractivity contribution is 6.30. The lowest BCUT2D eigenvalue weighted by molar-refractivity contribution is -0.147. The van der Waals surface area contributed by atoms with Gasteiger partial charge in [-0.15, -0.1) is 0 Å². The molecule has 38 heavy (non-hydrogen) atoms. The SMILES string of the molecule is CCCCC1CN(C(=O)[C@@H]2C[C@@H](O)CN2C(=O)CCC(=O)OC)Cc2c1nc(-c1ccc(Cl)cc1)[nH]c2=O. The molecule has 0 spiro atoms. The second-order valence-electron chi connectivity index (χ2n) is 9.87. The monoisotopic (exact) mass is 544 g/mol. The molecule has 2 aliphatic heterocycles. The summed E-state index contributed by atoms with van der Waals surface area (Å²) in [7, 11) is 1.25. The van der Waals surface area contributed by atoms with E-state index in [9.17, 15) is 24.3 Å². The van der Waals surface area contributed by atoms with Gasteiger partial charge in [0, 0.05) is 42.4 Å². The van der Waals surface area contributed by atoms with Crippen LogP contribution < -0.4 is 5.56 Å². The van der Waals surface area contributed by atoms with Crippen molar-refractivity contribution in [2.75, 3.05) is 20.2 Å². The van der Waals surface area contributed by atoms with Crippen molar-refractivity contribution in [1.29, 1.82) is 0 Å². The van der Waals surface area contributed by atoms with E-state index in [1.165, 1.54) is 12.0 Å². The van der Waals surface area contributed by atoms with Crippen molar-refractivity contribution >= 4 is 29.4 Å². The number of unbranched alkanes of at least 4 members (excludes halogenated alkanes) is 1. The number of carbonyl (C=O) groups is 3. The summed E-state index contributed by atoms with van der Waals surface area (Å²) < 4.78 is 4.61. The summed E-state index contributed by atoms with van der Waals surface area (Å²) in [5, 5.41) is 10.9. The van der Waals surface area contributed by atoms with Gasteiger partial charge in [-0.1, -0.05) is 31.4 Å². The Balaban J connectivity index is 1.60. The van der Waals surface area contributed by atoms with E-state index < -0.39 is 24.0 Å². The minimum absolute atomic E-state index is 0.0205. The van der Waals surface area contributed by atoms with Crippen molar-refractivity contribution in [1.82, 2.24) is 19.8 Å². The highest BCUT2D eigenvalue weighted by Crippen LogP contribution is 2.32. The number of H-pyrrole nitrogens is 1. The van der Waals surface area contributed by atoms with Crippen LogP contribution in [0, 0.1) is 0 Å². The number of rotatable bonds is 8. The molecule has 0 radical (unpaired) electrons. The molecule has 2 aliphatic rings. The molecule has 0 bridgehead atoms. The summed E-state index contributed by atoms with van der Waals surface area (Å²) in [4.78, 5) is 61.9. The predicted molar refractivity (Wildman–Crippen MR) is 140 cm³/mol. The van der Waals surface area contributed by atoms with Crippen LogP contribution in [0.25, 0.3) is 11.4 Å². The van der Waals surface area contributed by atoms with E-state index in [2.05, 4.69) is 16.6 Å². The first-order valence-corrected chi connectivity index (χ1v) is 13.3. The van der Waals surface area contributed by atoms with E-state index in [0.717, 1.165) is 24.8 Å². The minimum Gasteiger partial charge on any atom is -0.469 e. The van der Waals surface area contributed by atoms with Gasteiger partial charge in [0.1, 0.15) is 11.9 Å². The van der Waals surface area contributed by atoms with Crippen LogP contribution in [0.2, 0.25) is 5.02 Å². The van der Waals surface area contributed by atoms with Crippen molar-refractivity contribution in [3.8, 4) is 11.4 Å². The normalized spacial score (nSPS) is 20.8. The Morgan fingerprint density at radius 2 is 1.92 bits per heavy atom. The number of carbonyl (C=O) groups excluding carboxylic acids is 3. The third-order valence-electron chi connectivity index (χ3n) is 7.21. The lowest BCUT2D eigenvalue weighted by Gasteiger charge is -2.36. The van der Waals surface area contributed by atoms with Crippen molar-refractivity contribution in [3.05, 3.63) is 50.9 Å². The van der Waals surface area contributed by atoms with Gasteiger partial charge in [0.25, 0.3) is 5.56 Å². The van der Waals surface area contributed by atoms with E-state index >= 15 is 0 Å². The maximum Gasteiger partial charge on any atom is 0.306 e. The molecule has 4 rings (SSSR count). The van der Waals surface area contributed by atoms with Gasteiger partial charge in [-0.05, 0) is 30.7 Å². The van der Waals surface area contributed by atoms with Gasteiger partial charge in [-0.3, -0.25) is 19.2 Å². The molecule has 10 nitrogen and oxygen atoms in total. The number of methoxy groups -OCH3 is 1. The number of aliphatic hydroxyl groups excluding tert-OH is 1. The van der Waals surface area contributed by atoms with Crippen LogP contribution in [-0.4, -0.2) is 75.0 Å². The number of nitrogens with zero attached hydrogens (tertiary/aromatic N) is 3. The third kappa shape index (κ3) is 6.07. The lowest BCUT2D eigenvalue weighted by Crippen LogP contribution is -2.50. The number of β-amino-alcohol motifs (C(OH)–C–C–N with tert-alkyl or cyclic N) is 1. The van der Waals surface area contributed by atoms with Crippen LogP contribution >= 0.6 is 11.6 Å². The number of fused-ring (bicyclic) bond motifs is 1. The Morgan fingerprint density at radius 1 is 1.18 bits per heavy atom. The zero-order valence-electron chi connectivity index (χ0n) is 21.6. The minimum atomic E-state index is -0.857. The summed E-state index contributed by atoms with van der Waals surface area (Å²) in [6.45, 7) is 2.53. The number of likely N-dealkylation sites (tertiary alicyclic amines) is 1. The van der Waals surface area contributed by atoms with Crippen molar-refractivity contribution in [3.63, 3.8) is 0 Å². The molecule has 3 heterocycles. The molecule has 204 valence electrons. The van der Waals surface area contributed by atoms with Gasteiger partial charge in [0.15, 0.2) is 0 Å². The van der Waals surface area contributed by atoms with Crippen LogP contribution in [-0.2, 0) is 25.7 Å². The van der Waals surface area contributed by atoms with Gasteiger partial charge in [-0.25, -0.2) is 4.98 Å². The Bertz CT molecular complexity index is 1250. The second kappa shape index (κ2) is 12.1. The quantitative estimate of drug-likeness (QED) is 0.488. The summed E-state index contributed by atoms with van der Waals surface area (Å²) in [5.41, 5.74) is 1.55. The zero-order chi connectivity index (χ0) is 27.4. The number of hydrogen-bond acceptors (Lipinski definition) is 7. The number of aliphatic hydroxyl groups is 1. The molecule has 2 aromatic rings. The first kappa shape index (κ1) is 27.8. The third-order valence-corrected chi connectivity index (χ3v) is 7.47. The molecule has 1 aromatic carbocycles. The smallest absolute Gasteiger partial charge is 0.306 e. The predicted octanol–water partition coefficient (Wildman–Crippen LogP) is 2.62. The van der Waals surface area contributed by atoms with Crippen LogP contribution in [0.1, 0.15) is 62.6 Å². The molecule has 1 unspecified atom stereocenters. The van der Waals surface area contributed by atoms with Crippen molar-refractivity contribution in [2.45, 2.75) is 70.1 Å². The van der Waals surface area contributed by atoms with Crippen molar-refractivity contribution < 1.29 is 24.2 Å². The topological polar surface area (TPSA) is 133 Å². The van der Waals surface area contributed by atoms with Gasteiger partial charge < -0.3 is 24.6 Å². The fourth-order valence-corrected chi connectivity index (χ4v) is 5.32. The number of aromatic amines is 1. The van der Waals surface area contributed by atoms with Gasteiger partial charge in [0.2, 0.25) is 11.8 Å². The molecule has 1 aromatic heterocycles. The van der Waals surface area contributed by atoms with Crippen LogP contribution in [0.15, 0.2) is 29.1 Å². The van der Waals surface area contributed by atoms with E-state index in [-0.39, 0.29) is 49.7 Å². The fourth-order valence-electron chi connectivity index (χ4n) is 5.19. The molecule has 2 N–H and O–H groups in total. The van der Waals surface area contributed by atoms with Crippen molar-refractivity contribution in [2.24, 2.45) is 0 Å². The Hall–Kier alpha value is -3.24. The van der Waals surface area contributed by atoms with Gasteiger partial charge >= 0.3 is 5.97 Å². The molecule has 1 fully saturated rings. The van der Waals surface area contributed by atoms with E-state index in [0.29, 0.717) is 28.6 Å². The van der Waals surface area contributed by atoms with E-state index in [4.69, 9.17) is 16.6 Å². The number of halogens is 1. The first-order chi connectivity index (χ1) is 18.2. The average molecular weight is 545 g/mol. The molecule has 0 saturated carbocycles. The second-order valence-corrected chi connectivity index (χ2v) is 10.3. The summed E-state index contributed by atoms with van der Waals surface area (Å²) in [5.74, 6) is -0.922. The summed E-state index contributed by atoms with van der Waals surface area (Å²) in [6, 6.07) is 6.20. The number of ether oxygens (including phenoxy) is 1. The standard InChI is InChI=1S/C27H33ClN4O6/c1-3-4-5-17-13-31(27(37)21-12-19(33)14-32(21)22(34)10-11-23(35)38-2)15-20-24(17)29-25(30-26(20)36)16-6-8-18(28)9-7-16/h6-9,17,19,21,33H,3-5,10-15H2,1-2H3,(H,29,30,36)/t17?,19-,21+/m1/s1. The summed E-state index contributed by atoms with van der Waals surface area (Å²) >= 11 is 6.01. The largest absolute Gasteiger partial charge is 0.469 e. The van der Waals surface area contributed by atoms with E-state index in [1.807, 2.05) is 0 Å². The molecule has 3 atom stereocenters. The number of amides is 2. The highest BCUT2D eigenvalue weighted by Gasteiger charge is 2.42. The van der Waals surface area contributed by atoms with Gasteiger partial charge in [0.05, 0.1) is 37.4 Å². The highest BCUT2D eigenvalue weighted by atomic mass is 35.5. The Morgan fingerprint density at radius 3 is 2.61 bits per heavy atom. The molecular weight excluding hydrogens is 512 g/mol. The number of nitrogens with one attached hydrogen (secondary N) is 1. The molecule has 11 heteroatoms. The number of esters is 1. The number of hydrogen-bond donors (Lipinski definition) is 2. The van der Waals surface area contributed by atoms with Crippen LogP contribution in [0.4, 0.5) is 0 Å². The maximum absolute atomic E-state index is 13.7. The average Bonchev–Trinajstić information content (AvgIpc) is 3.31. The first-order valence-electron chi connectivity index (χ1n) is 12.9. The lowest BCUT2D eigenvalue weighted by atomic mass is 9.90. The van der Waals surface area contributed by atoms with Crippen LogP contribution in [0.5, 0.6) is 0 Å². The summed E-state index contributed by atoms with van der Waals surface area (Å²) in [6.07, 6.45) is 1.65. The molecule has 0 aliphatic carbocycles. The molecular formula is C27H33ClN4O6. The fraction of sp³-hybridized carbons (Fsp3) is 0.519. The van der Waals surface area contributed by atoms with E-state index in [1.54, 1.807) is 29.2 Å². The maximum atomic E-state index is 13.7. The molecule has 1 saturated heterocycles. The molecule has 2 amide bonds. The number of benzene rings is 1.